The van der Waals surface area contributed by atoms with Gasteiger partial charge in [0, 0.05) is 43.4 Å². The van der Waals surface area contributed by atoms with E-state index in [4.69, 9.17) is 0 Å². The molecule has 5 nitrogen and oxygen atoms in total. The summed E-state index contributed by atoms with van der Waals surface area (Å²) in [6, 6.07) is 4.00. The summed E-state index contributed by atoms with van der Waals surface area (Å²) in [6.07, 6.45) is 11.6. The molecule has 1 aliphatic heterocycles. The van der Waals surface area contributed by atoms with Crippen molar-refractivity contribution in [2.45, 2.75) is 50.9 Å². The van der Waals surface area contributed by atoms with Gasteiger partial charge in [0.05, 0.1) is 6.20 Å². The maximum Gasteiger partial charge on any atom is 0.222 e. The van der Waals surface area contributed by atoms with Crippen LogP contribution in [0.25, 0.3) is 5.65 Å². The lowest BCUT2D eigenvalue weighted by atomic mass is 9.92. The second kappa shape index (κ2) is 6.30. The first-order valence-corrected chi connectivity index (χ1v) is 8.87. The fraction of sp³-hybridized carbons (Fsp3) is 0.611. The van der Waals surface area contributed by atoms with Gasteiger partial charge in [0.15, 0.2) is 5.65 Å². The normalized spacial score (nSPS) is 20.4. The van der Waals surface area contributed by atoms with Gasteiger partial charge in [-0.2, -0.15) is 5.10 Å². The van der Waals surface area contributed by atoms with Crippen LogP contribution in [0.1, 0.15) is 56.6 Å². The molecule has 0 radical (unpaired) electrons. The molecule has 0 spiro atoms. The van der Waals surface area contributed by atoms with Crippen molar-refractivity contribution in [3.8, 4) is 0 Å². The van der Waals surface area contributed by atoms with Gasteiger partial charge in [0.1, 0.15) is 0 Å². The Kier molecular flexibility index (Phi) is 4.02. The van der Waals surface area contributed by atoms with Crippen LogP contribution in [0.2, 0.25) is 0 Å². The number of amides is 1. The van der Waals surface area contributed by atoms with Crippen molar-refractivity contribution in [1.29, 1.82) is 0 Å². The second-order valence-electron chi connectivity index (χ2n) is 6.98. The number of carbonyl (C=O) groups excluding carboxylic acids is 1. The summed E-state index contributed by atoms with van der Waals surface area (Å²) >= 11 is 0. The molecule has 1 aliphatic carbocycles. The quantitative estimate of drug-likeness (QED) is 0.875. The van der Waals surface area contributed by atoms with Crippen LogP contribution in [0.15, 0.2) is 24.5 Å². The Morgan fingerprint density at radius 2 is 1.87 bits per heavy atom. The zero-order valence-corrected chi connectivity index (χ0v) is 13.5. The van der Waals surface area contributed by atoms with E-state index in [-0.39, 0.29) is 0 Å². The Hall–Kier alpha value is -1.91. The largest absolute Gasteiger partial charge is 0.343 e. The van der Waals surface area contributed by atoms with Crippen LogP contribution in [0.5, 0.6) is 0 Å². The zero-order chi connectivity index (χ0) is 15.6. The first-order chi connectivity index (χ1) is 11.3. The SMILES string of the molecule is O=C(CC1CCCC1)N1CCC(c2ccnc3ccnn23)CC1. The Morgan fingerprint density at radius 3 is 2.65 bits per heavy atom. The highest BCUT2D eigenvalue weighted by molar-refractivity contribution is 5.76. The molecule has 0 bridgehead atoms. The minimum Gasteiger partial charge on any atom is -0.343 e. The summed E-state index contributed by atoms with van der Waals surface area (Å²) in [6.45, 7) is 1.75. The van der Waals surface area contributed by atoms with Crippen molar-refractivity contribution in [2.24, 2.45) is 5.92 Å². The number of fused-ring (bicyclic) bond motifs is 1. The van der Waals surface area contributed by atoms with Gasteiger partial charge in [-0.3, -0.25) is 4.79 Å². The minimum absolute atomic E-state index is 0.370. The molecule has 2 aliphatic rings. The number of carbonyl (C=O) groups is 1. The number of hydrogen-bond acceptors (Lipinski definition) is 3. The van der Waals surface area contributed by atoms with Crippen LogP contribution < -0.4 is 0 Å². The van der Waals surface area contributed by atoms with Crippen molar-refractivity contribution < 1.29 is 4.79 Å². The summed E-state index contributed by atoms with van der Waals surface area (Å²) in [7, 11) is 0. The predicted octanol–water partition coefficient (Wildman–Crippen LogP) is 3.02. The molecule has 1 saturated carbocycles. The van der Waals surface area contributed by atoms with Crippen LogP contribution in [-0.2, 0) is 4.79 Å². The molecule has 2 aromatic heterocycles. The molecule has 0 aromatic carbocycles. The zero-order valence-electron chi connectivity index (χ0n) is 13.5. The molecule has 1 amide bonds. The molecule has 0 unspecified atom stereocenters. The number of hydrogen-bond donors (Lipinski definition) is 0. The Labute approximate surface area is 136 Å². The molecular formula is C18H24N4O. The van der Waals surface area contributed by atoms with Crippen LogP contribution in [0, 0.1) is 5.92 Å². The van der Waals surface area contributed by atoms with Gasteiger partial charge in [-0.15, -0.1) is 0 Å². The second-order valence-corrected chi connectivity index (χ2v) is 6.98. The molecular weight excluding hydrogens is 288 g/mol. The summed E-state index contributed by atoms with van der Waals surface area (Å²) in [5, 5.41) is 4.39. The van der Waals surface area contributed by atoms with Gasteiger partial charge >= 0.3 is 0 Å². The molecule has 0 atom stereocenters. The number of nitrogens with zero attached hydrogens (tertiary/aromatic N) is 4. The van der Waals surface area contributed by atoms with Gasteiger partial charge in [0.2, 0.25) is 5.91 Å². The van der Waals surface area contributed by atoms with E-state index in [0.717, 1.165) is 38.0 Å². The maximum absolute atomic E-state index is 12.5. The molecule has 23 heavy (non-hydrogen) atoms. The highest BCUT2D eigenvalue weighted by Gasteiger charge is 2.27. The lowest BCUT2D eigenvalue weighted by Crippen LogP contribution is -2.38. The highest BCUT2D eigenvalue weighted by atomic mass is 16.2. The molecule has 3 heterocycles. The standard InChI is InChI=1S/C18H24N4O/c23-18(13-14-3-1-2-4-14)21-11-7-15(8-12-21)16-5-9-19-17-6-10-20-22(16)17/h5-6,9-10,14-15H,1-4,7-8,11-13H2. The highest BCUT2D eigenvalue weighted by Crippen LogP contribution is 2.31. The van der Waals surface area contributed by atoms with E-state index in [1.54, 1.807) is 6.20 Å². The Bertz CT molecular complexity index is 681. The van der Waals surface area contributed by atoms with Crippen LogP contribution >= 0.6 is 0 Å². The summed E-state index contributed by atoms with van der Waals surface area (Å²) in [5.41, 5.74) is 2.13. The van der Waals surface area contributed by atoms with Crippen LogP contribution in [0.4, 0.5) is 0 Å². The summed E-state index contributed by atoms with van der Waals surface area (Å²) < 4.78 is 1.95. The monoisotopic (exact) mass is 312 g/mol. The van der Waals surface area contributed by atoms with E-state index < -0.39 is 0 Å². The summed E-state index contributed by atoms with van der Waals surface area (Å²) in [5.74, 6) is 1.48. The van der Waals surface area contributed by atoms with E-state index in [2.05, 4.69) is 21.0 Å². The predicted molar refractivity (Wildman–Crippen MR) is 88.1 cm³/mol. The molecule has 5 heteroatoms. The van der Waals surface area contributed by atoms with E-state index in [1.807, 2.05) is 16.8 Å². The third kappa shape index (κ3) is 2.96. The molecule has 2 aromatic rings. The number of likely N-dealkylation sites (tertiary alicyclic amines) is 1. The number of aromatic nitrogens is 3. The molecule has 0 N–H and O–H groups in total. The third-order valence-electron chi connectivity index (χ3n) is 5.52. The topological polar surface area (TPSA) is 50.5 Å². The molecule has 122 valence electrons. The lowest BCUT2D eigenvalue weighted by Gasteiger charge is -2.32. The van der Waals surface area contributed by atoms with Crippen LogP contribution in [-0.4, -0.2) is 38.5 Å². The molecule has 1 saturated heterocycles. The summed E-state index contributed by atoms with van der Waals surface area (Å²) in [4.78, 5) is 18.9. The van der Waals surface area contributed by atoms with Gasteiger partial charge in [-0.1, -0.05) is 12.8 Å². The van der Waals surface area contributed by atoms with Gasteiger partial charge in [0.25, 0.3) is 0 Å². The van der Waals surface area contributed by atoms with Crippen molar-refractivity contribution in [2.75, 3.05) is 13.1 Å². The fourth-order valence-corrected chi connectivity index (χ4v) is 4.18. The average molecular weight is 312 g/mol. The van der Waals surface area contributed by atoms with Crippen LogP contribution in [0.3, 0.4) is 0 Å². The smallest absolute Gasteiger partial charge is 0.222 e. The van der Waals surface area contributed by atoms with Gasteiger partial charge < -0.3 is 4.90 Å². The van der Waals surface area contributed by atoms with E-state index in [9.17, 15) is 4.79 Å². The van der Waals surface area contributed by atoms with Crippen molar-refractivity contribution in [3.63, 3.8) is 0 Å². The molecule has 2 fully saturated rings. The van der Waals surface area contributed by atoms with Gasteiger partial charge in [-0.05, 0) is 37.7 Å². The van der Waals surface area contributed by atoms with E-state index >= 15 is 0 Å². The van der Waals surface area contributed by atoms with Crippen molar-refractivity contribution in [3.05, 3.63) is 30.2 Å². The minimum atomic E-state index is 0.370. The average Bonchev–Trinajstić information content (AvgIpc) is 3.25. The van der Waals surface area contributed by atoms with Crippen molar-refractivity contribution in [1.82, 2.24) is 19.5 Å². The first-order valence-electron chi connectivity index (χ1n) is 8.87. The third-order valence-corrected chi connectivity index (χ3v) is 5.52. The Balaban J connectivity index is 1.39. The van der Waals surface area contributed by atoms with E-state index in [1.165, 1.54) is 31.4 Å². The molecule has 4 rings (SSSR count). The maximum atomic E-state index is 12.5. The number of rotatable bonds is 3. The fourth-order valence-electron chi connectivity index (χ4n) is 4.18. The van der Waals surface area contributed by atoms with Crippen molar-refractivity contribution >= 4 is 11.6 Å². The van der Waals surface area contributed by atoms with Gasteiger partial charge in [-0.25, -0.2) is 9.50 Å². The van der Waals surface area contributed by atoms with E-state index in [0.29, 0.717) is 17.7 Å². The lowest BCUT2D eigenvalue weighted by molar-refractivity contribution is -0.133. The Morgan fingerprint density at radius 1 is 1.09 bits per heavy atom. The first kappa shape index (κ1) is 14.7. The number of piperidine rings is 1.